The van der Waals surface area contributed by atoms with Crippen molar-refractivity contribution in [2.45, 2.75) is 45.7 Å². The van der Waals surface area contributed by atoms with Crippen LogP contribution in [0.5, 0.6) is 0 Å². The zero-order valence-electron chi connectivity index (χ0n) is 20.8. The first-order valence-corrected chi connectivity index (χ1v) is 13.5. The molecule has 5 nitrogen and oxygen atoms in total. The minimum Gasteiger partial charge on any atom is -0.357 e. The highest BCUT2D eigenvalue weighted by Crippen LogP contribution is 2.48. The molecule has 3 heterocycles. The van der Waals surface area contributed by atoms with Crippen LogP contribution in [0.3, 0.4) is 0 Å². The van der Waals surface area contributed by atoms with Crippen molar-refractivity contribution in [3.05, 3.63) is 93.3 Å². The Labute approximate surface area is 216 Å². The summed E-state index contributed by atoms with van der Waals surface area (Å²) in [5.74, 6) is 0.262. The molecule has 6 rings (SSSR count). The molecule has 6 heteroatoms. The van der Waals surface area contributed by atoms with E-state index < -0.39 is 0 Å². The van der Waals surface area contributed by atoms with Gasteiger partial charge in [-0.3, -0.25) is 9.59 Å². The summed E-state index contributed by atoms with van der Waals surface area (Å²) in [6, 6.07) is 20.4. The molecular weight excluding hydrogens is 466 g/mol. The third-order valence-electron chi connectivity index (χ3n) is 7.61. The van der Waals surface area contributed by atoms with E-state index in [0.29, 0.717) is 19.5 Å². The standard InChI is InChI=1S/C30H31N3O2S/c1-30(2)16-23-28(25(34)17-30)29(26-12-7-15-36-26)33(24-11-6-5-10-22(24)31-23)19-27(35)32-14-13-20-8-3-4-9-21(20)18-32/h3-12,15,29,31H,13-14,16-19H2,1-2H3. The second kappa shape index (κ2) is 8.93. The Balaban J connectivity index is 1.42. The number of hydrogen-bond acceptors (Lipinski definition) is 5. The zero-order chi connectivity index (χ0) is 24.9. The van der Waals surface area contributed by atoms with Crippen LogP contribution in [0.25, 0.3) is 0 Å². The highest BCUT2D eigenvalue weighted by Gasteiger charge is 2.42. The van der Waals surface area contributed by atoms with E-state index in [1.807, 2.05) is 29.2 Å². The summed E-state index contributed by atoms with van der Waals surface area (Å²) in [4.78, 5) is 32.8. The fraction of sp³-hybridized carbons (Fsp3) is 0.333. The first-order valence-electron chi connectivity index (χ1n) is 12.7. The predicted molar refractivity (Wildman–Crippen MR) is 145 cm³/mol. The van der Waals surface area contributed by atoms with E-state index >= 15 is 0 Å². The summed E-state index contributed by atoms with van der Waals surface area (Å²) in [7, 11) is 0. The highest BCUT2D eigenvalue weighted by atomic mass is 32.1. The van der Waals surface area contributed by atoms with Crippen LogP contribution < -0.4 is 10.2 Å². The molecule has 1 amide bonds. The van der Waals surface area contributed by atoms with Gasteiger partial charge in [-0.25, -0.2) is 0 Å². The quantitative estimate of drug-likeness (QED) is 0.486. The van der Waals surface area contributed by atoms with Crippen molar-refractivity contribution >= 4 is 34.4 Å². The van der Waals surface area contributed by atoms with E-state index in [4.69, 9.17) is 0 Å². The topological polar surface area (TPSA) is 52.7 Å². The first-order chi connectivity index (χ1) is 17.4. The number of hydrogen-bond donors (Lipinski definition) is 1. The van der Waals surface area contributed by atoms with Crippen molar-refractivity contribution in [2.24, 2.45) is 5.41 Å². The molecule has 0 bridgehead atoms. The normalized spacial score (nSPS) is 20.7. The van der Waals surface area contributed by atoms with Gasteiger partial charge in [0.25, 0.3) is 0 Å². The van der Waals surface area contributed by atoms with Crippen LogP contribution in [0.4, 0.5) is 11.4 Å². The van der Waals surface area contributed by atoms with Crippen molar-refractivity contribution in [2.75, 3.05) is 23.3 Å². The molecule has 1 N–H and O–H groups in total. The van der Waals surface area contributed by atoms with E-state index in [2.05, 4.69) is 65.8 Å². The number of para-hydroxylation sites is 2. The van der Waals surface area contributed by atoms with Crippen LogP contribution in [0, 0.1) is 5.41 Å². The molecule has 0 fully saturated rings. The maximum absolute atomic E-state index is 13.8. The van der Waals surface area contributed by atoms with Crippen molar-refractivity contribution in [1.29, 1.82) is 0 Å². The van der Waals surface area contributed by atoms with Gasteiger partial charge in [0.15, 0.2) is 5.78 Å². The molecule has 0 spiro atoms. The van der Waals surface area contributed by atoms with Crippen molar-refractivity contribution < 1.29 is 9.59 Å². The number of allylic oxidation sites excluding steroid dienone is 1. The number of fused-ring (bicyclic) bond motifs is 2. The second-order valence-electron chi connectivity index (χ2n) is 10.9. The van der Waals surface area contributed by atoms with Crippen molar-refractivity contribution in [3.63, 3.8) is 0 Å². The van der Waals surface area contributed by atoms with Gasteiger partial charge in [-0.05, 0) is 53.0 Å². The van der Waals surface area contributed by atoms with Crippen LogP contribution in [-0.2, 0) is 22.6 Å². The first kappa shape index (κ1) is 23.0. The molecule has 3 aliphatic rings. The van der Waals surface area contributed by atoms with E-state index in [0.717, 1.165) is 40.4 Å². The number of nitrogens with zero attached hydrogens (tertiary/aromatic N) is 2. The Morgan fingerprint density at radius 3 is 2.61 bits per heavy atom. The molecule has 1 unspecified atom stereocenters. The fourth-order valence-corrected chi connectivity index (χ4v) is 6.77. The number of ketones is 1. The number of carbonyl (C=O) groups is 2. The second-order valence-corrected chi connectivity index (χ2v) is 11.8. The van der Waals surface area contributed by atoms with Gasteiger partial charge in [0, 0.05) is 35.7 Å². The summed E-state index contributed by atoms with van der Waals surface area (Å²) >= 11 is 1.65. The van der Waals surface area contributed by atoms with Crippen LogP contribution in [0.1, 0.15) is 48.7 Å². The Morgan fingerprint density at radius 1 is 1.03 bits per heavy atom. The number of benzene rings is 2. The van der Waals surface area contributed by atoms with Gasteiger partial charge in [0.2, 0.25) is 5.91 Å². The Bertz CT molecular complexity index is 1360. The van der Waals surface area contributed by atoms with E-state index in [1.54, 1.807) is 11.3 Å². The van der Waals surface area contributed by atoms with Gasteiger partial charge in [-0.2, -0.15) is 0 Å². The zero-order valence-corrected chi connectivity index (χ0v) is 21.6. The Morgan fingerprint density at radius 2 is 1.81 bits per heavy atom. The summed E-state index contributed by atoms with van der Waals surface area (Å²) in [5, 5.41) is 5.69. The van der Waals surface area contributed by atoms with Gasteiger partial charge in [-0.15, -0.1) is 11.3 Å². The smallest absolute Gasteiger partial charge is 0.242 e. The molecule has 2 aromatic carbocycles. The minimum atomic E-state index is -0.291. The number of anilines is 2. The molecule has 184 valence electrons. The van der Waals surface area contributed by atoms with E-state index in [1.165, 1.54) is 11.1 Å². The number of nitrogens with one attached hydrogen (secondary N) is 1. The van der Waals surface area contributed by atoms with Gasteiger partial charge in [0.05, 0.1) is 24.0 Å². The highest BCUT2D eigenvalue weighted by molar-refractivity contribution is 7.10. The maximum Gasteiger partial charge on any atom is 0.242 e. The molecule has 3 aromatic rings. The summed E-state index contributed by atoms with van der Waals surface area (Å²) in [6.45, 7) is 5.88. The van der Waals surface area contributed by atoms with Crippen molar-refractivity contribution in [1.82, 2.24) is 4.90 Å². The molecule has 0 saturated carbocycles. The molecular formula is C30H31N3O2S. The molecule has 1 aliphatic carbocycles. The third kappa shape index (κ3) is 4.13. The Kier molecular flexibility index (Phi) is 5.72. The number of rotatable bonds is 3. The van der Waals surface area contributed by atoms with Gasteiger partial charge in [-0.1, -0.05) is 56.3 Å². The molecule has 0 saturated heterocycles. The van der Waals surface area contributed by atoms with E-state index in [-0.39, 0.29) is 29.7 Å². The average molecular weight is 498 g/mol. The number of Topliss-reactive ketones (excluding diaryl/α,β-unsaturated/α-hetero) is 1. The minimum absolute atomic E-state index is 0.0912. The van der Waals surface area contributed by atoms with Crippen LogP contribution in [0.15, 0.2) is 77.3 Å². The van der Waals surface area contributed by atoms with Gasteiger partial charge < -0.3 is 15.1 Å². The molecule has 1 aromatic heterocycles. The predicted octanol–water partition coefficient (Wildman–Crippen LogP) is 5.95. The van der Waals surface area contributed by atoms with Gasteiger partial charge >= 0.3 is 0 Å². The molecule has 0 radical (unpaired) electrons. The largest absolute Gasteiger partial charge is 0.357 e. The summed E-state index contributed by atoms with van der Waals surface area (Å²) in [5.41, 5.74) is 6.15. The monoisotopic (exact) mass is 497 g/mol. The fourth-order valence-electron chi connectivity index (χ4n) is 5.92. The lowest BCUT2D eigenvalue weighted by Gasteiger charge is -2.38. The summed E-state index contributed by atoms with van der Waals surface area (Å²) < 4.78 is 0. The van der Waals surface area contributed by atoms with E-state index in [9.17, 15) is 9.59 Å². The molecule has 36 heavy (non-hydrogen) atoms. The Hall–Kier alpha value is -3.38. The van der Waals surface area contributed by atoms with Crippen LogP contribution >= 0.6 is 11.3 Å². The molecule has 1 atom stereocenters. The lowest BCUT2D eigenvalue weighted by molar-refractivity contribution is -0.130. The van der Waals surface area contributed by atoms with Crippen LogP contribution in [-0.4, -0.2) is 29.7 Å². The maximum atomic E-state index is 13.8. The van der Waals surface area contributed by atoms with Crippen LogP contribution in [0.2, 0.25) is 0 Å². The summed E-state index contributed by atoms with van der Waals surface area (Å²) in [6.07, 6.45) is 2.18. The van der Waals surface area contributed by atoms with Crippen molar-refractivity contribution in [3.8, 4) is 0 Å². The average Bonchev–Trinajstić information content (AvgIpc) is 3.35. The number of thiophene rings is 1. The third-order valence-corrected chi connectivity index (χ3v) is 8.53. The number of carbonyl (C=O) groups excluding carboxylic acids is 2. The lowest BCUT2D eigenvalue weighted by atomic mass is 9.74. The SMILES string of the molecule is CC1(C)CC(=O)C2=C(C1)Nc1ccccc1N(CC(=O)N1CCc3ccccc3C1)C2c1cccs1. The molecule has 2 aliphatic heterocycles. The van der Waals surface area contributed by atoms with Gasteiger partial charge in [0.1, 0.15) is 0 Å². The lowest BCUT2D eigenvalue weighted by Crippen LogP contribution is -2.45. The number of amides is 1.